The summed E-state index contributed by atoms with van der Waals surface area (Å²) in [4.78, 5) is 11.1. The van der Waals surface area contributed by atoms with E-state index < -0.39 is 12.0 Å². The van der Waals surface area contributed by atoms with Crippen molar-refractivity contribution in [2.45, 2.75) is 12.6 Å². The van der Waals surface area contributed by atoms with E-state index in [1.54, 1.807) is 12.1 Å². The van der Waals surface area contributed by atoms with Crippen LogP contribution in [-0.2, 0) is 11.3 Å². The number of carbonyl (C=O) groups is 1. The van der Waals surface area contributed by atoms with Crippen molar-refractivity contribution in [1.29, 1.82) is 0 Å². The highest BCUT2D eigenvalue weighted by Gasteiger charge is 2.11. The molecule has 1 amide bonds. The number of amides is 1. The molecule has 0 bridgehead atoms. The Morgan fingerprint density at radius 2 is 2.33 bits per heavy atom. The number of hydrogen-bond donors (Lipinski definition) is 3. The number of nitrogens with one attached hydrogen (secondary N) is 1. The number of hydrogen-bond acceptors (Lipinski definition) is 3. The fourth-order valence-corrected chi connectivity index (χ4v) is 1.06. The van der Waals surface area contributed by atoms with Crippen molar-refractivity contribution >= 4 is 5.91 Å². The van der Waals surface area contributed by atoms with E-state index in [1.165, 1.54) is 12.1 Å². The first kappa shape index (κ1) is 11.6. The number of benzene rings is 1. The van der Waals surface area contributed by atoms with Gasteiger partial charge in [0.15, 0.2) is 0 Å². The first-order chi connectivity index (χ1) is 7.13. The number of aliphatic hydroxyl groups is 1. The fraction of sp³-hybridized carbons (Fsp3) is 0.300. The molecule has 0 aromatic heterocycles. The van der Waals surface area contributed by atoms with Crippen molar-refractivity contribution in [3.05, 3.63) is 35.6 Å². The van der Waals surface area contributed by atoms with Crippen LogP contribution in [-0.4, -0.2) is 23.7 Å². The van der Waals surface area contributed by atoms with Gasteiger partial charge < -0.3 is 16.2 Å². The first-order valence-electron chi connectivity index (χ1n) is 4.53. The van der Waals surface area contributed by atoms with Gasteiger partial charge in [0.05, 0.1) is 0 Å². The molecule has 0 aliphatic heterocycles. The lowest BCUT2D eigenvalue weighted by molar-refractivity contribution is -0.128. The van der Waals surface area contributed by atoms with Gasteiger partial charge in [-0.3, -0.25) is 4.79 Å². The minimum absolute atomic E-state index is 0.130. The van der Waals surface area contributed by atoms with Gasteiger partial charge in [0.1, 0.15) is 11.9 Å². The highest BCUT2D eigenvalue weighted by molar-refractivity contribution is 5.80. The smallest absolute Gasteiger partial charge is 0.250 e. The number of nitrogens with two attached hydrogens (primary N) is 1. The van der Waals surface area contributed by atoms with Crippen molar-refractivity contribution < 1.29 is 14.3 Å². The normalized spacial score (nSPS) is 12.2. The number of carbonyl (C=O) groups excluding carboxylic acids is 1. The van der Waals surface area contributed by atoms with E-state index in [4.69, 9.17) is 10.8 Å². The second kappa shape index (κ2) is 5.43. The van der Waals surface area contributed by atoms with E-state index in [0.717, 1.165) is 0 Å². The molecule has 1 aromatic carbocycles. The Balaban J connectivity index is 2.47. The van der Waals surface area contributed by atoms with Crippen molar-refractivity contribution in [2.75, 3.05) is 6.54 Å². The molecule has 1 atom stereocenters. The molecule has 0 fully saturated rings. The predicted octanol–water partition coefficient (Wildman–Crippen LogP) is -0.238. The number of rotatable bonds is 4. The quantitative estimate of drug-likeness (QED) is 0.645. The lowest BCUT2D eigenvalue weighted by Crippen LogP contribution is -2.38. The third-order valence-corrected chi connectivity index (χ3v) is 1.88. The van der Waals surface area contributed by atoms with Gasteiger partial charge in [-0.15, -0.1) is 0 Å². The Morgan fingerprint density at radius 3 is 2.93 bits per heavy atom. The summed E-state index contributed by atoms with van der Waals surface area (Å²) in [5, 5.41) is 11.5. The molecule has 5 heteroatoms. The Labute approximate surface area is 86.9 Å². The SMILES string of the molecule is NCC(O)C(=O)NCc1cccc(F)c1. The van der Waals surface area contributed by atoms with Gasteiger partial charge in [-0.2, -0.15) is 0 Å². The van der Waals surface area contributed by atoms with Crippen LogP contribution in [0.3, 0.4) is 0 Å². The van der Waals surface area contributed by atoms with Crippen molar-refractivity contribution in [3.63, 3.8) is 0 Å². The number of halogens is 1. The van der Waals surface area contributed by atoms with E-state index in [0.29, 0.717) is 5.56 Å². The highest BCUT2D eigenvalue weighted by atomic mass is 19.1. The minimum atomic E-state index is -1.21. The van der Waals surface area contributed by atoms with Gasteiger partial charge in [-0.25, -0.2) is 4.39 Å². The van der Waals surface area contributed by atoms with Gasteiger partial charge >= 0.3 is 0 Å². The molecule has 0 spiro atoms. The Hall–Kier alpha value is -1.46. The van der Waals surface area contributed by atoms with Gasteiger partial charge in [-0.05, 0) is 17.7 Å². The summed E-state index contributed by atoms with van der Waals surface area (Å²) in [6, 6.07) is 5.86. The number of aliphatic hydroxyl groups excluding tert-OH is 1. The average molecular weight is 212 g/mol. The summed E-state index contributed by atoms with van der Waals surface area (Å²) >= 11 is 0. The molecule has 1 unspecified atom stereocenters. The van der Waals surface area contributed by atoms with Gasteiger partial charge in [-0.1, -0.05) is 12.1 Å². The standard InChI is InChI=1S/C10H13FN2O2/c11-8-3-1-2-7(4-8)6-13-10(15)9(14)5-12/h1-4,9,14H,5-6,12H2,(H,13,15). The molecule has 1 rings (SSSR count). The summed E-state index contributed by atoms with van der Waals surface area (Å²) in [6.07, 6.45) is -1.21. The maximum Gasteiger partial charge on any atom is 0.250 e. The second-order valence-corrected chi connectivity index (χ2v) is 3.10. The maximum atomic E-state index is 12.7. The van der Waals surface area contributed by atoms with Crippen LogP contribution in [0.15, 0.2) is 24.3 Å². The molecule has 4 nitrogen and oxygen atoms in total. The molecule has 0 radical (unpaired) electrons. The second-order valence-electron chi connectivity index (χ2n) is 3.10. The van der Waals surface area contributed by atoms with E-state index >= 15 is 0 Å². The third kappa shape index (κ3) is 3.65. The molecule has 0 aliphatic rings. The lowest BCUT2D eigenvalue weighted by atomic mass is 10.2. The Bertz CT molecular complexity index is 344. The van der Waals surface area contributed by atoms with Crippen LogP contribution in [0.25, 0.3) is 0 Å². The molecule has 15 heavy (non-hydrogen) atoms. The first-order valence-corrected chi connectivity index (χ1v) is 4.53. The minimum Gasteiger partial charge on any atom is -0.382 e. The zero-order valence-electron chi connectivity index (χ0n) is 8.11. The molecular weight excluding hydrogens is 199 g/mol. The van der Waals surface area contributed by atoms with Crippen LogP contribution >= 0.6 is 0 Å². The van der Waals surface area contributed by atoms with Crippen LogP contribution in [0.5, 0.6) is 0 Å². The molecule has 0 heterocycles. The van der Waals surface area contributed by atoms with E-state index in [1.807, 2.05) is 0 Å². The largest absolute Gasteiger partial charge is 0.382 e. The Kier molecular flexibility index (Phi) is 4.20. The monoisotopic (exact) mass is 212 g/mol. The van der Waals surface area contributed by atoms with E-state index in [2.05, 4.69) is 5.32 Å². The summed E-state index contributed by atoms with van der Waals surface area (Å²) in [5.74, 6) is -0.914. The summed E-state index contributed by atoms with van der Waals surface area (Å²) in [6.45, 7) is 0.0443. The van der Waals surface area contributed by atoms with Gasteiger partial charge in [0.2, 0.25) is 5.91 Å². The molecule has 0 saturated heterocycles. The molecule has 82 valence electrons. The molecular formula is C10H13FN2O2. The van der Waals surface area contributed by atoms with E-state index in [9.17, 15) is 9.18 Å². The van der Waals surface area contributed by atoms with Crippen LogP contribution in [0, 0.1) is 5.82 Å². The Morgan fingerprint density at radius 1 is 1.60 bits per heavy atom. The summed E-state index contributed by atoms with van der Waals surface area (Å²) < 4.78 is 12.7. The van der Waals surface area contributed by atoms with Crippen LogP contribution in [0.1, 0.15) is 5.56 Å². The van der Waals surface area contributed by atoms with Crippen LogP contribution in [0.2, 0.25) is 0 Å². The fourth-order valence-electron chi connectivity index (χ4n) is 1.06. The molecule has 4 N–H and O–H groups in total. The predicted molar refractivity (Wildman–Crippen MR) is 53.3 cm³/mol. The van der Waals surface area contributed by atoms with Crippen molar-refractivity contribution in [3.8, 4) is 0 Å². The zero-order chi connectivity index (χ0) is 11.3. The topological polar surface area (TPSA) is 75.3 Å². The van der Waals surface area contributed by atoms with Gasteiger partial charge in [0, 0.05) is 13.1 Å². The average Bonchev–Trinajstić information content (AvgIpc) is 2.25. The highest BCUT2D eigenvalue weighted by Crippen LogP contribution is 2.02. The maximum absolute atomic E-state index is 12.7. The van der Waals surface area contributed by atoms with E-state index in [-0.39, 0.29) is 18.9 Å². The van der Waals surface area contributed by atoms with Crippen molar-refractivity contribution in [1.82, 2.24) is 5.32 Å². The molecule has 1 aromatic rings. The van der Waals surface area contributed by atoms with Crippen molar-refractivity contribution in [2.24, 2.45) is 5.73 Å². The summed E-state index contributed by atoms with van der Waals surface area (Å²) in [5.41, 5.74) is 5.73. The third-order valence-electron chi connectivity index (χ3n) is 1.88. The van der Waals surface area contributed by atoms with Gasteiger partial charge in [0.25, 0.3) is 0 Å². The van der Waals surface area contributed by atoms with Crippen LogP contribution in [0.4, 0.5) is 4.39 Å². The molecule has 0 saturated carbocycles. The van der Waals surface area contributed by atoms with Crippen LogP contribution < -0.4 is 11.1 Å². The zero-order valence-corrected chi connectivity index (χ0v) is 8.11. The molecule has 0 aliphatic carbocycles. The lowest BCUT2D eigenvalue weighted by Gasteiger charge is -2.08. The summed E-state index contributed by atoms with van der Waals surface area (Å²) in [7, 11) is 0.